The summed E-state index contributed by atoms with van der Waals surface area (Å²) in [6.45, 7) is 3.57. The van der Waals surface area contributed by atoms with E-state index in [0.717, 1.165) is 50.9 Å². The molecule has 11 heteroatoms. The average Bonchev–Trinajstić information content (AvgIpc) is 3.16. The average molecular weight is 468 g/mol. The largest absolute Gasteiger partial charge is 0.466 e. The highest BCUT2D eigenvalue weighted by atomic mass is 19.4. The molecule has 4 rings (SSSR count). The summed E-state index contributed by atoms with van der Waals surface area (Å²) >= 11 is 0. The number of ether oxygens (including phenoxy) is 1. The van der Waals surface area contributed by atoms with E-state index in [9.17, 15) is 22.8 Å². The summed E-state index contributed by atoms with van der Waals surface area (Å²) in [5, 5.41) is 9.58. The molecule has 2 aliphatic rings. The molecular weight excluding hydrogens is 441 g/mol. The number of esters is 1. The zero-order chi connectivity index (χ0) is 23.6. The van der Waals surface area contributed by atoms with Gasteiger partial charge in [-0.2, -0.15) is 13.2 Å². The molecule has 0 unspecified atom stereocenters. The van der Waals surface area contributed by atoms with E-state index in [-0.39, 0.29) is 47.2 Å². The standard InChI is InChI=1S/C22H27F3N4O4/c1-2-32-21(31)13-3-6-16(7-4-13)29-11-15(12-29)27-19(30)10-26-20-17-9-14(22(23,24)25)5-8-18(17)33-28-20/h5,8-9,13,15-16H,2-4,6-7,10-12H2,1H3,(H,26,28)(H,27,30)/t13-,16+. The monoisotopic (exact) mass is 468 g/mol. The van der Waals surface area contributed by atoms with Crippen LogP contribution in [0.4, 0.5) is 19.0 Å². The third kappa shape index (κ3) is 5.40. The van der Waals surface area contributed by atoms with Crippen LogP contribution in [0.5, 0.6) is 0 Å². The molecule has 1 aromatic heterocycles. The molecule has 0 bridgehead atoms. The Bertz CT molecular complexity index is 995. The maximum atomic E-state index is 12.9. The van der Waals surface area contributed by atoms with Crippen LogP contribution in [0.25, 0.3) is 11.0 Å². The fourth-order valence-electron chi connectivity index (χ4n) is 4.52. The van der Waals surface area contributed by atoms with E-state index in [1.54, 1.807) is 0 Å². The van der Waals surface area contributed by atoms with Crippen LogP contribution in [0.15, 0.2) is 22.7 Å². The van der Waals surface area contributed by atoms with Crippen molar-refractivity contribution in [2.75, 3.05) is 31.6 Å². The first-order valence-corrected chi connectivity index (χ1v) is 11.1. The highest BCUT2D eigenvalue weighted by Crippen LogP contribution is 2.34. The number of rotatable bonds is 7. The molecule has 2 heterocycles. The van der Waals surface area contributed by atoms with E-state index in [2.05, 4.69) is 20.7 Å². The van der Waals surface area contributed by atoms with Crippen molar-refractivity contribution in [3.05, 3.63) is 23.8 Å². The molecule has 0 atom stereocenters. The van der Waals surface area contributed by atoms with Crippen LogP contribution in [0, 0.1) is 5.92 Å². The van der Waals surface area contributed by atoms with Crippen LogP contribution < -0.4 is 10.6 Å². The van der Waals surface area contributed by atoms with E-state index in [1.165, 1.54) is 6.07 Å². The minimum absolute atomic E-state index is 0.0103. The van der Waals surface area contributed by atoms with E-state index < -0.39 is 11.7 Å². The SMILES string of the molecule is CCOC(=O)[C@H]1CC[C@@H](N2CC(NC(=O)CNc3noc4ccc(C(F)(F)F)cc34)C2)CC1. The number of carbonyl (C=O) groups excluding carboxylic acids is 2. The molecule has 2 N–H and O–H groups in total. The van der Waals surface area contributed by atoms with Gasteiger partial charge in [0.1, 0.15) is 0 Å². The van der Waals surface area contributed by atoms with Gasteiger partial charge in [-0.15, -0.1) is 0 Å². The van der Waals surface area contributed by atoms with Crippen LogP contribution in [0.3, 0.4) is 0 Å². The molecule has 180 valence electrons. The quantitative estimate of drug-likeness (QED) is 0.603. The highest BCUT2D eigenvalue weighted by molar-refractivity contribution is 5.90. The van der Waals surface area contributed by atoms with Crippen molar-refractivity contribution in [2.24, 2.45) is 5.92 Å². The van der Waals surface area contributed by atoms with Crippen LogP contribution in [0.1, 0.15) is 38.2 Å². The van der Waals surface area contributed by atoms with Crippen LogP contribution in [-0.2, 0) is 20.5 Å². The number of hydrogen-bond donors (Lipinski definition) is 2. The Morgan fingerprint density at radius 3 is 2.61 bits per heavy atom. The van der Waals surface area contributed by atoms with Gasteiger partial charge in [-0.25, -0.2) is 0 Å². The number of fused-ring (bicyclic) bond motifs is 1. The smallest absolute Gasteiger partial charge is 0.416 e. The molecule has 1 saturated heterocycles. The third-order valence-corrected chi connectivity index (χ3v) is 6.32. The van der Waals surface area contributed by atoms with Gasteiger partial charge in [0.25, 0.3) is 0 Å². The molecule has 1 aliphatic heterocycles. The fraction of sp³-hybridized carbons (Fsp3) is 0.591. The number of likely N-dealkylation sites (tertiary alicyclic amines) is 1. The minimum atomic E-state index is -4.48. The molecule has 1 amide bonds. The number of amides is 1. The summed E-state index contributed by atoms with van der Waals surface area (Å²) in [5.41, 5.74) is -0.602. The summed E-state index contributed by atoms with van der Waals surface area (Å²) in [5.74, 6) is -0.288. The third-order valence-electron chi connectivity index (χ3n) is 6.32. The van der Waals surface area contributed by atoms with Gasteiger partial charge in [0, 0.05) is 19.1 Å². The molecule has 2 aromatic rings. The number of alkyl halides is 3. The lowest BCUT2D eigenvalue weighted by Gasteiger charge is -2.46. The van der Waals surface area contributed by atoms with Crippen molar-refractivity contribution in [1.82, 2.24) is 15.4 Å². The predicted octanol–water partition coefficient (Wildman–Crippen LogP) is 3.18. The molecule has 8 nitrogen and oxygen atoms in total. The molecule has 1 saturated carbocycles. The molecule has 1 aliphatic carbocycles. The Balaban J connectivity index is 1.20. The maximum Gasteiger partial charge on any atom is 0.416 e. The lowest BCUT2D eigenvalue weighted by Crippen LogP contribution is -2.63. The van der Waals surface area contributed by atoms with Crippen molar-refractivity contribution in [3.8, 4) is 0 Å². The van der Waals surface area contributed by atoms with Crippen molar-refractivity contribution in [3.63, 3.8) is 0 Å². The molecule has 33 heavy (non-hydrogen) atoms. The van der Waals surface area contributed by atoms with Gasteiger partial charge in [0.15, 0.2) is 11.4 Å². The van der Waals surface area contributed by atoms with E-state index in [1.807, 2.05) is 6.92 Å². The molecule has 1 aromatic carbocycles. The van der Waals surface area contributed by atoms with Gasteiger partial charge in [0.05, 0.1) is 36.1 Å². The first-order valence-electron chi connectivity index (χ1n) is 11.1. The first-order chi connectivity index (χ1) is 15.7. The van der Waals surface area contributed by atoms with Gasteiger partial charge in [0.2, 0.25) is 5.91 Å². The molecule has 0 radical (unpaired) electrons. The number of benzene rings is 1. The van der Waals surface area contributed by atoms with Crippen molar-refractivity contribution >= 4 is 28.7 Å². The zero-order valence-electron chi connectivity index (χ0n) is 18.3. The number of hydrogen-bond acceptors (Lipinski definition) is 7. The minimum Gasteiger partial charge on any atom is -0.466 e. The van der Waals surface area contributed by atoms with Gasteiger partial charge in [-0.1, -0.05) is 5.16 Å². The van der Waals surface area contributed by atoms with Crippen LogP contribution in [-0.4, -0.2) is 60.3 Å². The molecule has 2 fully saturated rings. The molecule has 0 spiro atoms. The van der Waals surface area contributed by atoms with E-state index >= 15 is 0 Å². The molecular formula is C22H27F3N4O4. The lowest BCUT2D eigenvalue weighted by molar-refractivity contribution is -0.149. The number of aromatic nitrogens is 1. The van der Waals surface area contributed by atoms with Crippen molar-refractivity contribution in [1.29, 1.82) is 0 Å². The second-order valence-corrected chi connectivity index (χ2v) is 8.57. The second-order valence-electron chi connectivity index (χ2n) is 8.57. The Kier molecular flexibility index (Phi) is 6.78. The summed E-state index contributed by atoms with van der Waals surface area (Å²) < 4.78 is 49.0. The zero-order valence-corrected chi connectivity index (χ0v) is 18.3. The van der Waals surface area contributed by atoms with Crippen molar-refractivity contribution in [2.45, 2.75) is 50.9 Å². The van der Waals surface area contributed by atoms with Gasteiger partial charge in [-0.3, -0.25) is 14.5 Å². The first kappa shape index (κ1) is 23.3. The van der Waals surface area contributed by atoms with Crippen molar-refractivity contribution < 1.29 is 32.0 Å². The maximum absolute atomic E-state index is 12.9. The van der Waals surface area contributed by atoms with Crippen LogP contribution in [0.2, 0.25) is 0 Å². The number of nitrogens with zero attached hydrogens (tertiary/aromatic N) is 2. The Morgan fingerprint density at radius 2 is 1.94 bits per heavy atom. The fourth-order valence-corrected chi connectivity index (χ4v) is 4.52. The van der Waals surface area contributed by atoms with Crippen LogP contribution >= 0.6 is 0 Å². The summed E-state index contributed by atoms with van der Waals surface area (Å²) in [7, 11) is 0. The second kappa shape index (κ2) is 9.58. The summed E-state index contributed by atoms with van der Waals surface area (Å²) in [4.78, 5) is 26.5. The van der Waals surface area contributed by atoms with E-state index in [4.69, 9.17) is 9.26 Å². The normalized spacial score (nSPS) is 22.1. The lowest BCUT2D eigenvalue weighted by atomic mass is 9.84. The Hall–Kier alpha value is -2.82. The number of halogens is 3. The summed E-state index contributed by atoms with van der Waals surface area (Å²) in [6.07, 6.45) is -0.963. The predicted molar refractivity (Wildman–Crippen MR) is 113 cm³/mol. The summed E-state index contributed by atoms with van der Waals surface area (Å²) in [6, 6.07) is 3.51. The Labute approximate surface area is 188 Å². The number of carbonyl (C=O) groups is 2. The van der Waals surface area contributed by atoms with E-state index in [0.29, 0.717) is 12.6 Å². The van der Waals surface area contributed by atoms with Gasteiger partial charge < -0.3 is 19.9 Å². The number of nitrogens with one attached hydrogen (secondary N) is 2. The Morgan fingerprint density at radius 1 is 1.21 bits per heavy atom. The topological polar surface area (TPSA) is 96.7 Å². The number of anilines is 1. The van der Waals surface area contributed by atoms with Gasteiger partial charge >= 0.3 is 12.1 Å². The van der Waals surface area contributed by atoms with Gasteiger partial charge in [-0.05, 0) is 50.8 Å². The highest BCUT2D eigenvalue weighted by Gasteiger charge is 2.37.